The van der Waals surface area contributed by atoms with Gasteiger partial charge in [0.1, 0.15) is 5.75 Å². The Balaban J connectivity index is 1.69. The minimum absolute atomic E-state index is 0.114. The summed E-state index contributed by atoms with van der Waals surface area (Å²) in [5.74, 6) is -0.804. The molecule has 8 heteroatoms. The van der Waals surface area contributed by atoms with Crippen molar-refractivity contribution in [1.82, 2.24) is 15.1 Å². The van der Waals surface area contributed by atoms with Crippen LogP contribution in [0.15, 0.2) is 40.0 Å². The van der Waals surface area contributed by atoms with Gasteiger partial charge in [0.05, 0.1) is 6.42 Å². The summed E-state index contributed by atoms with van der Waals surface area (Å²) in [6, 6.07) is 9.55. The summed E-state index contributed by atoms with van der Waals surface area (Å²) in [4.78, 5) is 14.2. The number of likely N-dealkylation sites (tertiary alicyclic amines) is 1. The molecular formula is C18H23N3O4S. The Labute approximate surface area is 153 Å². The van der Waals surface area contributed by atoms with Gasteiger partial charge in [0.25, 0.3) is 0 Å². The topological polar surface area (TPSA) is 93.4 Å². The van der Waals surface area contributed by atoms with Crippen LogP contribution in [0.1, 0.15) is 44.1 Å². The molecule has 3 rings (SSSR count). The van der Waals surface area contributed by atoms with Crippen LogP contribution in [-0.4, -0.2) is 47.8 Å². The van der Waals surface area contributed by atoms with E-state index in [0.29, 0.717) is 13.0 Å². The average Bonchev–Trinajstić information content (AvgIpc) is 3.11. The Morgan fingerprint density at radius 2 is 2.00 bits per heavy atom. The summed E-state index contributed by atoms with van der Waals surface area (Å²) in [6.45, 7) is 2.62. The van der Waals surface area contributed by atoms with Crippen LogP contribution in [0.25, 0.3) is 0 Å². The Morgan fingerprint density at radius 3 is 2.73 bits per heavy atom. The Bertz CT molecular complexity index is 848. The Kier molecular flexibility index (Phi) is 5.70. The molecule has 0 saturated carbocycles. The van der Waals surface area contributed by atoms with Crippen molar-refractivity contribution in [3.8, 4) is 0 Å². The molecule has 1 aliphatic heterocycles. The van der Waals surface area contributed by atoms with Crippen LogP contribution in [0.2, 0.25) is 0 Å². The number of hydrogen-bond acceptors (Lipinski definition) is 6. The normalized spacial score (nSPS) is 18.0. The van der Waals surface area contributed by atoms with Crippen LogP contribution < -0.4 is 0 Å². The van der Waals surface area contributed by atoms with Gasteiger partial charge in [0.15, 0.2) is 0 Å². The van der Waals surface area contributed by atoms with Crippen LogP contribution in [0.5, 0.6) is 0 Å². The largest absolute Gasteiger partial charge is 0.412 e. The zero-order valence-electron chi connectivity index (χ0n) is 14.8. The van der Waals surface area contributed by atoms with Gasteiger partial charge < -0.3 is 9.32 Å². The zero-order chi connectivity index (χ0) is 18.6. The molecule has 1 saturated heterocycles. The number of nitrogens with zero attached hydrogens (tertiary/aromatic N) is 3. The van der Waals surface area contributed by atoms with Gasteiger partial charge in [-0.3, -0.25) is 4.79 Å². The van der Waals surface area contributed by atoms with E-state index in [2.05, 4.69) is 10.2 Å². The zero-order valence-corrected chi connectivity index (χ0v) is 15.6. The first-order valence-electron chi connectivity index (χ1n) is 8.88. The van der Waals surface area contributed by atoms with Gasteiger partial charge in [-0.05, 0) is 31.2 Å². The van der Waals surface area contributed by atoms with Crippen molar-refractivity contribution in [3.05, 3.63) is 41.8 Å². The molecule has 0 aliphatic carbocycles. The van der Waals surface area contributed by atoms with Crippen LogP contribution in [0.4, 0.5) is 0 Å². The minimum Gasteiger partial charge on any atom is -0.412 e. The number of hydrogen-bond donors (Lipinski definition) is 0. The van der Waals surface area contributed by atoms with E-state index in [4.69, 9.17) is 4.42 Å². The third-order valence-electron chi connectivity index (χ3n) is 4.64. The van der Waals surface area contributed by atoms with E-state index in [1.165, 1.54) is 0 Å². The minimum atomic E-state index is -3.94. The third-order valence-corrected chi connectivity index (χ3v) is 5.97. The monoisotopic (exact) mass is 377 g/mol. The number of sulfone groups is 1. The molecular weight excluding hydrogens is 354 g/mol. The van der Waals surface area contributed by atoms with Crippen molar-refractivity contribution in [1.29, 1.82) is 0 Å². The first-order chi connectivity index (χ1) is 12.5. The van der Waals surface area contributed by atoms with Crippen LogP contribution in [0.3, 0.4) is 0 Å². The maximum Gasteiger partial charge on any atom is 0.336 e. The maximum absolute atomic E-state index is 12.5. The van der Waals surface area contributed by atoms with Gasteiger partial charge in [-0.1, -0.05) is 42.4 Å². The number of aromatic nitrogens is 2. The lowest BCUT2D eigenvalue weighted by Crippen LogP contribution is -2.45. The van der Waals surface area contributed by atoms with E-state index in [1.807, 2.05) is 37.3 Å². The van der Waals surface area contributed by atoms with Gasteiger partial charge in [0, 0.05) is 12.6 Å². The molecule has 0 bridgehead atoms. The number of piperidine rings is 1. The molecule has 0 radical (unpaired) electrons. The highest BCUT2D eigenvalue weighted by molar-refractivity contribution is 7.91. The second-order valence-electron chi connectivity index (χ2n) is 6.53. The van der Waals surface area contributed by atoms with Gasteiger partial charge >= 0.3 is 5.22 Å². The molecule has 1 aliphatic rings. The molecule has 2 aromatic rings. The predicted octanol–water partition coefficient (Wildman–Crippen LogP) is 2.23. The molecule has 0 spiro atoms. The highest BCUT2D eigenvalue weighted by atomic mass is 32.2. The number of carbonyl (C=O) groups is 1. The fourth-order valence-electron chi connectivity index (χ4n) is 3.27. The number of benzene rings is 1. The van der Waals surface area contributed by atoms with Crippen molar-refractivity contribution >= 4 is 15.7 Å². The lowest BCUT2D eigenvalue weighted by molar-refractivity contribution is -0.132. The van der Waals surface area contributed by atoms with E-state index < -0.39 is 20.8 Å². The molecule has 1 aromatic heterocycles. The summed E-state index contributed by atoms with van der Waals surface area (Å²) < 4.78 is 30.3. The van der Waals surface area contributed by atoms with Gasteiger partial charge in [-0.15, -0.1) is 5.10 Å². The van der Waals surface area contributed by atoms with Gasteiger partial charge in [-0.25, -0.2) is 8.42 Å². The molecule has 2 heterocycles. The average molecular weight is 377 g/mol. The van der Waals surface area contributed by atoms with E-state index in [0.717, 1.165) is 31.2 Å². The summed E-state index contributed by atoms with van der Waals surface area (Å²) in [5.41, 5.74) is 0.940. The first kappa shape index (κ1) is 18.6. The van der Waals surface area contributed by atoms with Crippen LogP contribution in [-0.2, 0) is 21.1 Å². The van der Waals surface area contributed by atoms with E-state index in [-0.39, 0.29) is 17.8 Å². The Hall–Kier alpha value is -2.22. The quantitative estimate of drug-likeness (QED) is 0.766. The standard InChI is InChI=1S/C18H23N3O4S/c1-2-15-10-6-7-11-21(15)17(22)13-26(23,24)18-20-19-16(25-18)12-14-8-4-3-5-9-14/h3-5,8-9,15H,2,6-7,10-13H2,1H3. The summed E-state index contributed by atoms with van der Waals surface area (Å²) in [6.07, 6.45) is 4.07. The molecule has 1 unspecified atom stereocenters. The second-order valence-corrected chi connectivity index (χ2v) is 8.40. The molecule has 0 N–H and O–H groups in total. The predicted molar refractivity (Wildman–Crippen MR) is 95.2 cm³/mol. The van der Waals surface area contributed by atoms with Crippen molar-refractivity contribution in [2.45, 2.75) is 50.3 Å². The maximum atomic E-state index is 12.5. The highest BCUT2D eigenvalue weighted by Crippen LogP contribution is 2.21. The number of rotatable bonds is 6. The smallest absolute Gasteiger partial charge is 0.336 e. The molecule has 1 fully saturated rings. The summed E-state index contributed by atoms with van der Waals surface area (Å²) in [7, 11) is -3.94. The fourth-order valence-corrected chi connectivity index (χ4v) is 4.27. The molecule has 140 valence electrons. The summed E-state index contributed by atoms with van der Waals surface area (Å²) in [5, 5.41) is 6.97. The van der Waals surface area contributed by atoms with Crippen molar-refractivity contribution < 1.29 is 17.6 Å². The molecule has 1 amide bonds. The van der Waals surface area contributed by atoms with Crippen molar-refractivity contribution in [2.24, 2.45) is 0 Å². The molecule has 7 nitrogen and oxygen atoms in total. The van der Waals surface area contributed by atoms with Crippen LogP contribution >= 0.6 is 0 Å². The lowest BCUT2D eigenvalue weighted by Gasteiger charge is -2.35. The number of carbonyl (C=O) groups excluding carboxylic acids is 1. The third kappa shape index (κ3) is 4.30. The van der Waals surface area contributed by atoms with Gasteiger partial charge in [0.2, 0.25) is 21.6 Å². The second kappa shape index (κ2) is 7.99. The van der Waals surface area contributed by atoms with Crippen LogP contribution in [0, 0.1) is 0 Å². The first-order valence-corrected chi connectivity index (χ1v) is 10.5. The highest BCUT2D eigenvalue weighted by Gasteiger charge is 2.32. The molecule has 1 aromatic carbocycles. The van der Waals surface area contributed by atoms with E-state index in [9.17, 15) is 13.2 Å². The summed E-state index contributed by atoms with van der Waals surface area (Å²) >= 11 is 0. The SMILES string of the molecule is CCC1CCCCN1C(=O)CS(=O)(=O)c1nnc(Cc2ccccc2)o1. The van der Waals surface area contributed by atoms with Crippen molar-refractivity contribution in [3.63, 3.8) is 0 Å². The fraction of sp³-hybridized carbons (Fsp3) is 0.500. The lowest BCUT2D eigenvalue weighted by atomic mass is 10.0. The Morgan fingerprint density at radius 1 is 1.23 bits per heavy atom. The van der Waals surface area contributed by atoms with Gasteiger partial charge in [-0.2, -0.15) is 0 Å². The van der Waals surface area contributed by atoms with E-state index >= 15 is 0 Å². The van der Waals surface area contributed by atoms with Crippen molar-refractivity contribution in [2.75, 3.05) is 12.3 Å². The molecule has 1 atom stereocenters. The molecule has 26 heavy (non-hydrogen) atoms. The van der Waals surface area contributed by atoms with E-state index in [1.54, 1.807) is 4.90 Å². The number of amides is 1.